The second-order valence-electron chi connectivity index (χ2n) is 4.97. The first-order valence-electron chi connectivity index (χ1n) is 7.03. The van der Waals surface area contributed by atoms with Gasteiger partial charge in [-0.05, 0) is 24.1 Å². The number of amidine groups is 1. The summed E-state index contributed by atoms with van der Waals surface area (Å²) in [6.45, 7) is 5.47. The number of thioether (sulfide) groups is 1. The molecule has 0 fully saturated rings. The number of aliphatic imine (C=N–C) groups is 1. The Bertz CT molecular complexity index is 487. The van der Waals surface area contributed by atoms with Gasteiger partial charge in [-0.15, -0.1) is 0 Å². The second kappa shape index (κ2) is 7.07. The smallest absolute Gasteiger partial charge is 0.157 e. The van der Waals surface area contributed by atoms with E-state index in [9.17, 15) is 8.78 Å². The average Bonchev–Trinajstić information content (AvgIpc) is 2.90. The van der Waals surface area contributed by atoms with Crippen molar-refractivity contribution >= 4 is 16.9 Å². The molecule has 1 aliphatic heterocycles. The molecule has 20 heavy (non-hydrogen) atoms. The molecule has 110 valence electrons. The van der Waals surface area contributed by atoms with Crippen molar-refractivity contribution in [3.8, 4) is 0 Å². The van der Waals surface area contributed by atoms with Gasteiger partial charge < -0.3 is 5.32 Å². The predicted molar refractivity (Wildman–Crippen MR) is 81.0 cm³/mol. The number of hydrogen-bond acceptors (Lipinski definition) is 3. The van der Waals surface area contributed by atoms with Crippen molar-refractivity contribution in [2.24, 2.45) is 10.9 Å². The summed E-state index contributed by atoms with van der Waals surface area (Å²) in [5.41, 5.74) is 0.333. The van der Waals surface area contributed by atoms with Gasteiger partial charge in [0.15, 0.2) is 5.17 Å². The minimum atomic E-state index is -0.417. The summed E-state index contributed by atoms with van der Waals surface area (Å²) in [4.78, 5) is 4.45. The van der Waals surface area contributed by atoms with Gasteiger partial charge in [0, 0.05) is 17.4 Å². The van der Waals surface area contributed by atoms with Gasteiger partial charge >= 0.3 is 0 Å². The van der Waals surface area contributed by atoms with Gasteiger partial charge in [0.05, 0.1) is 6.54 Å². The maximum atomic E-state index is 13.5. The van der Waals surface area contributed by atoms with Gasteiger partial charge in [0.1, 0.15) is 11.6 Å². The fourth-order valence-electron chi connectivity index (χ4n) is 2.40. The zero-order valence-corrected chi connectivity index (χ0v) is 12.6. The topological polar surface area (TPSA) is 24.4 Å². The maximum absolute atomic E-state index is 13.5. The lowest BCUT2D eigenvalue weighted by Gasteiger charge is -2.18. The number of hydrogen-bond donors (Lipinski definition) is 1. The maximum Gasteiger partial charge on any atom is 0.157 e. The van der Waals surface area contributed by atoms with Gasteiger partial charge in [-0.1, -0.05) is 38.5 Å². The number of nitrogens with one attached hydrogen (secondary N) is 1. The van der Waals surface area contributed by atoms with Crippen LogP contribution in [0.25, 0.3) is 0 Å². The fourth-order valence-corrected chi connectivity index (χ4v) is 3.72. The highest BCUT2D eigenvalue weighted by Gasteiger charge is 2.25. The molecule has 1 N–H and O–H groups in total. The van der Waals surface area contributed by atoms with Crippen LogP contribution in [0.2, 0.25) is 0 Å². The highest BCUT2D eigenvalue weighted by molar-refractivity contribution is 8.14. The van der Waals surface area contributed by atoms with E-state index in [-0.39, 0.29) is 12.4 Å². The number of benzene rings is 1. The number of nitrogens with zero attached hydrogens (tertiary/aromatic N) is 1. The minimum Gasteiger partial charge on any atom is -0.361 e. The van der Waals surface area contributed by atoms with Gasteiger partial charge in [0.25, 0.3) is 0 Å². The largest absolute Gasteiger partial charge is 0.361 e. The van der Waals surface area contributed by atoms with E-state index in [0.717, 1.165) is 36.7 Å². The lowest BCUT2D eigenvalue weighted by Crippen LogP contribution is -2.21. The molecule has 0 saturated carbocycles. The van der Waals surface area contributed by atoms with E-state index in [2.05, 4.69) is 24.2 Å². The molecular formula is C15H20F2N2S. The number of halogens is 2. The summed E-state index contributed by atoms with van der Waals surface area (Å²) in [6, 6.07) is 3.51. The van der Waals surface area contributed by atoms with Gasteiger partial charge in [0.2, 0.25) is 0 Å². The van der Waals surface area contributed by atoms with Crippen molar-refractivity contribution in [3.63, 3.8) is 0 Å². The third kappa shape index (κ3) is 3.72. The van der Waals surface area contributed by atoms with Crippen molar-refractivity contribution in [2.45, 2.75) is 38.5 Å². The van der Waals surface area contributed by atoms with Crippen LogP contribution in [0.5, 0.6) is 0 Å². The van der Waals surface area contributed by atoms with E-state index >= 15 is 0 Å². The lowest BCUT2D eigenvalue weighted by molar-refractivity contribution is 0.479. The molecule has 1 aliphatic rings. The average molecular weight is 298 g/mol. The Kier molecular flexibility index (Phi) is 5.40. The molecule has 1 unspecified atom stereocenters. The Morgan fingerprint density at radius 2 is 2.10 bits per heavy atom. The zero-order chi connectivity index (χ0) is 14.5. The van der Waals surface area contributed by atoms with E-state index in [1.807, 2.05) is 0 Å². The van der Waals surface area contributed by atoms with Crippen LogP contribution in [0.15, 0.2) is 23.2 Å². The van der Waals surface area contributed by atoms with Crippen LogP contribution in [-0.4, -0.2) is 17.0 Å². The molecular weight excluding hydrogens is 278 g/mol. The van der Waals surface area contributed by atoms with Crippen molar-refractivity contribution in [1.82, 2.24) is 5.32 Å². The van der Waals surface area contributed by atoms with Crippen molar-refractivity contribution < 1.29 is 8.78 Å². The molecule has 1 aromatic carbocycles. The van der Waals surface area contributed by atoms with Crippen LogP contribution in [0, 0.1) is 17.6 Å². The van der Waals surface area contributed by atoms with E-state index in [1.54, 1.807) is 11.8 Å². The first-order chi connectivity index (χ1) is 9.63. The standard InChI is InChI=1S/C15H20F2N2S/c1-3-10(4-2)14-9-19-15(20-14)18-8-11-7-12(16)5-6-13(11)17/h5-7,10,14H,3-4,8-9H2,1-2H3,(H,18,19). The van der Waals surface area contributed by atoms with E-state index in [0.29, 0.717) is 16.7 Å². The van der Waals surface area contributed by atoms with Gasteiger partial charge in [-0.25, -0.2) is 8.78 Å². The van der Waals surface area contributed by atoms with Crippen LogP contribution in [-0.2, 0) is 6.54 Å². The molecule has 0 aliphatic carbocycles. The molecule has 0 radical (unpaired) electrons. The summed E-state index contributed by atoms with van der Waals surface area (Å²) >= 11 is 1.72. The molecule has 0 aromatic heterocycles. The predicted octanol–water partition coefficient (Wildman–Crippen LogP) is 3.96. The summed E-state index contributed by atoms with van der Waals surface area (Å²) in [5.74, 6) is -0.146. The zero-order valence-electron chi connectivity index (χ0n) is 11.8. The third-order valence-electron chi connectivity index (χ3n) is 3.69. The Balaban J connectivity index is 1.88. The van der Waals surface area contributed by atoms with Crippen molar-refractivity contribution in [1.29, 1.82) is 0 Å². The summed E-state index contributed by atoms with van der Waals surface area (Å²) in [6.07, 6.45) is 2.30. The monoisotopic (exact) mass is 298 g/mol. The van der Waals surface area contributed by atoms with Crippen molar-refractivity contribution in [3.05, 3.63) is 35.4 Å². The normalized spacial score (nSPS) is 18.4. The SMILES string of the molecule is CCC(CC)C1CN=C(NCc2cc(F)ccc2F)S1. The molecule has 1 heterocycles. The highest BCUT2D eigenvalue weighted by Crippen LogP contribution is 2.30. The first-order valence-corrected chi connectivity index (χ1v) is 7.90. The van der Waals surface area contributed by atoms with Crippen molar-refractivity contribution in [2.75, 3.05) is 6.54 Å². The Morgan fingerprint density at radius 1 is 1.35 bits per heavy atom. The Morgan fingerprint density at radius 3 is 2.80 bits per heavy atom. The van der Waals surface area contributed by atoms with E-state index in [1.165, 1.54) is 6.07 Å². The molecule has 1 atom stereocenters. The highest BCUT2D eigenvalue weighted by atomic mass is 32.2. The molecule has 2 nitrogen and oxygen atoms in total. The quantitative estimate of drug-likeness (QED) is 0.889. The molecule has 0 bridgehead atoms. The summed E-state index contributed by atoms with van der Waals surface area (Å²) in [7, 11) is 0. The molecule has 5 heteroatoms. The second-order valence-corrected chi connectivity index (χ2v) is 6.20. The molecule has 2 rings (SSSR count). The molecule has 1 aromatic rings. The van der Waals surface area contributed by atoms with Crippen LogP contribution in [0.3, 0.4) is 0 Å². The van der Waals surface area contributed by atoms with E-state index in [4.69, 9.17) is 0 Å². The Labute approximate surface area is 123 Å². The molecule has 0 spiro atoms. The van der Waals surface area contributed by atoms with Crippen LogP contribution >= 0.6 is 11.8 Å². The van der Waals surface area contributed by atoms with Crippen LogP contribution < -0.4 is 5.32 Å². The third-order valence-corrected chi connectivity index (χ3v) is 5.02. The van der Waals surface area contributed by atoms with Crippen LogP contribution in [0.1, 0.15) is 32.3 Å². The first kappa shape index (κ1) is 15.3. The molecule has 0 amide bonds. The van der Waals surface area contributed by atoms with Crippen LogP contribution in [0.4, 0.5) is 8.78 Å². The summed E-state index contributed by atoms with van der Waals surface area (Å²) < 4.78 is 26.6. The van der Waals surface area contributed by atoms with Gasteiger partial charge in [-0.3, -0.25) is 4.99 Å². The number of rotatable bonds is 5. The van der Waals surface area contributed by atoms with E-state index < -0.39 is 5.82 Å². The van der Waals surface area contributed by atoms with Gasteiger partial charge in [-0.2, -0.15) is 0 Å². The fraction of sp³-hybridized carbons (Fsp3) is 0.533. The summed E-state index contributed by atoms with van der Waals surface area (Å²) in [5, 5.41) is 4.45. The minimum absolute atomic E-state index is 0.269. The molecule has 0 saturated heterocycles. The Hall–Kier alpha value is -1.10. The lowest BCUT2D eigenvalue weighted by atomic mass is 9.99.